The largest absolute Gasteiger partial charge is 0.497 e. The number of benzene rings is 1. The van der Waals surface area contributed by atoms with Gasteiger partial charge >= 0.3 is 0 Å². The first-order chi connectivity index (χ1) is 12.7. The van der Waals surface area contributed by atoms with Gasteiger partial charge in [-0.3, -0.25) is 4.79 Å². The molecule has 0 saturated heterocycles. The maximum Gasteiger partial charge on any atom is 0.233 e. The minimum absolute atomic E-state index is 0.0121. The van der Waals surface area contributed by atoms with Crippen molar-refractivity contribution in [3.8, 4) is 11.6 Å². The zero-order chi connectivity index (χ0) is 18.4. The van der Waals surface area contributed by atoms with E-state index in [2.05, 4.69) is 15.4 Å². The number of nitrogens with one attached hydrogen (secondary N) is 1. The molecule has 2 heterocycles. The molecule has 0 radical (unpaired) electrons. The van der Waals surface area contributed by atoms with Crippen LogP contribution in [-0.2, 0) is 11.3 Å². The van der Waals surface area contributed by atoms with Crippen LogP contribution in [0.2, 0.25) is 0 Å². The van der Waals surface area contributed by atoms with Gasteiger partial charge in [0.15, 0.2) is 5.82 Å². The van der Waals surface area contributed by atoms with Crippen molar-refractivity contribution in [1.29, 1.82) is 0 Å². The summed E-state index contributed by atoms with van der Waals surface area (Å²) in [6, 6.07) is 13.3. The highest BCUT2D eigenvalue weighted by molar-refractivity contribution is 8.00. The number of carbonyl (C=O) groups is 1. The normalized spacial score (nSPS) is 11.8. The number of methoxy groups -OCH3 is 1. The second-order valence-electron chi connectivity index (χ2n) is 5.63. The van der Waals surface area contributed by atoms with Crippen molar-refractivity contribution in [2.45, 2.75) is 23.6 Å². The minimum atomic E-state index is -0.195. The number of nitrogens with zero attached hydrogens (tertiary/aromatic N) is 3. The molecule has 1 amide bonds. The van der Waals surface area contributed by atoms with E-state index >= 15 is 0 Å². The van der Waals surface area contributed by atoms with Crippen molar-refractivity contribution in [3.05, 3.63) is 66.6 Å². The van der Waals surface area contributed by atoms with Crippen LogP contribution in [0.1, 0.15) is 12.5 Å². The van der Waals surface area contributed by atoms with E-state index in [1.54, 1.807) is 24.2 Å². The Kier molecular flexibility index (Phi) is 5.91. The maximum atomic E-state index is 12.3. The fourth-order valence-corrected chi connectivity index (χ4v) is 3.20. The van der Waals surface area contributed by atoms with Gasteiger partial charge in [0.25, 0.3) is 0 Å². The first kappa shape index (κ1) is 18.0. The quantitative estimate of drug-likeness (QED) is 0.649. The summed E-state index contributed by atoms with van der Waals surface area (Å²) >= 11 is 1.51. The van der Waals surface area contributed by atoms with Crippen LogP contribution in [0.3, 0.4) is 0 Å². The molecule has 0 aliphatic heterocycles. The second kappa shape index (κ2) is 8.53. The number of ether oxygens (including phenoxy) is 1. The first-order valence-electron chi connectivity index (χ1n) is 8.19. The van der Waals surface area contributed by atoms with E-state index in [1.165, 1.54) is 11.8 Å². The third kappa shape index (κ3) is 4.64. The first-order valence-corrected chi connectivity index (χ1v) is 9.07. The number of hydrogen-bond donors (Lipinski definition) is 1. The molecule has 0 unspecified atom stereocenters. The van der Waals surface area contributed by atoms with Gasteiger partial charge < -0.3 is 10.1 Å². The molecule has 1 aromatic carbocycles. The summed E-state index contributed by atoms with van der Waals surface area (Å²) in [5.41, 5.74) is 0.941. The van der Waals surface area contributed by atoms with E-state index in [-0.39, 0.29) is 11.2 Å². The lowest BCUT2D eigenvalue weighted by molar-refractivity contribution is -0.120. The Bertz CT molecular complexity index is 833. The van der Waals surface area contributed by atoms with Crippen LogP contribution in [0.25, 0.3) is 5.82 Å². The Labute approximate surface area is 156 Å². The van der Waals surface area contributed by atoms with Gasteiger partial charge in [-0.05, 0) is 48.9 Å². The van der Waals surface area contributed by atoms with E-state index in [1.807, 2.05) is 55.6 Å². The number of aromatic nitrogens is 3. The van der Waals surface area contributed by atoms with Gasteiger partial charge in [0, 0.05) is 30.0 Å². The van der Waals surface area contributed by atoms with Crippen molar-refractivity contribution in [3.63, 3.8) is 0 Å². The molecule has 134 valence electrons. The smallest absolute Gasteiger partial charge is 0.233 e. The summed E-state index contributed by atoms with van der Waals surface area (Å²) in [4.78, 5) is 17.7. The van der Waals surface area contributed by atoms with E-state index in [0.29, 0.717) is 6.54 Å². The highest BCUT2D eigenvalue weighted by Crippen LogP contribution is 2.25. The number of pyridine rings is 1. The van der Waals surface area contributed by atoms with Crippen LogP contribution < -0.4 is 10.1 Å². The number of thioether (sulfide) groups is 1. The Morgan fingerprint density at radius 3 is 2.69 bits per heavy atom. The highest BCUT2D eigenvalue weighted by Gasteiger charge is 2.14. The van der Waals surface area contributed by atoms with Crippen molar-refractivity contribution < 1.29 is 9.53 Å². The zero-order valence-corrected chi connectivity index (χ0v) is 15.4. The lowest BCUT2D eigenvalue weighted by Gasteiger charge is -2.12. The van der Waals surface area contributed by atoms with E-state index in [0.717, 1.165) is 22.0 Å². The van der Waals surface area contributed by atoms with Gasteiger partial charge in [0.1, 0.15) is 5.75 Å². The monoisotopic (exact) mass is 368 g/mol. The standard InChI is InChI=1S/C19H20N4O2S/c1-14(26-17-7-5-16(25-2)6-8-17)19(24)21-13-15-4-9-18(20-12-15)23-11-3-10-22-23/h3-12,14H,13H2,1-2H3,(H,21,24)/t14-/m0/s1. The molecule has 2 aromatic heterocycles. The molecule has 6 nitrogen and oxygen atoms in total. The van der Waals surface area contributed by atoms with Crippen molar-refractivity contribution in [2.24, 2.45) is 0 Å². The van der Waals surface area contributed by atoms with Crippen molar-refractivity contribution in [2.75, 3.05) is 7.11 Å². The van der Waals surface area contributed by atoms with Gasteiger partial charge in [-0.15, -0.1) is 11.8 Å². The van der Waals surface area contributed by atoms with Crippen LogP contribution in [0.5, 0.6) is 5.75 Å². The number of amides is 1. The summed E-state index contributed by atoms with van der Waals surface area (Å²) in [6.45, 7) is 2.34. The number of carbonyl (C=O) groups excluding carboxylic acids is 1. The van der Waals surface area contributed by atoms with Crippen molar-refractivity contribution in [1.82, 2.24) is 20.1 Å². The average molecular weight is 368 g/mol. The summed E-state index contributed by atoms with van der Waals surface area (Å²) in [6.07, 6.45) is 5.29. The molecule has 0 fully saturated rings. The SMILES string of the molecule is COc1ccc(S[C@@H](C)C(=O)NCc2ccc(-n3cccn3)nc2)cc1. The lowest BCUT2D eigenvalue weighted by Crippen LogP contribution is -2.30. The Hall–Kier alpha value is -2.80. The highest BCUT2D eigenvalue weighted by atomic mass is 32.2. The summed E-state index contributed by atoms with van der Waals surface area (Å²) in [7, 11) is 1.63. The van der Waals surface area contributed by atoms with Crippen LogP contribution in [0.4, 0.5) is 0 Å². The molecule has 0 aliphatic rings. The van der Waals surface area contributed by atoms with E-state index in [4.69, 9.17) is 4.74 Å². The third-order valence-corrected chi connectivity index (χ3v) is 4.87. The number of rotatable bonds is 7. The lowest BCUT2D eigenvalue weighted by atomic mass is 10.2. The molecular weight excluding hydrogens is 348 g/mol. The third-order valence-electron chi connectivity index (χ3n) is 3.76. The number of hydrogen-bond acceptors (Lipinski definition) is 5. The molecule has 26 heavy (non-hydrogen) atoms. The molecule has 1 N–H and O–H groups in total. The van der Waals surface area contributed by atoms with Crippen molar-refractivity contribution >= 4 is 17.7 Å². The summed E-state index contributed by atoms with van der Waals surface area (Å²) in [5.74, 6) is 1.54. The molecule has 0 saturated carbocycles. The molecule has 1 atom stereocenters. The van der Waals surface area contributed by atoms with E-state index in [9.17, 15) is 4.79 Å². The Morgan fingerprint density at radius 2 is 2.08 bits per heavy atom. The predicted octanol–water partition coefficient (Wildman–Crippen LogP) is 3.07. The average Bonchev–Trinajstić information content (AvgIpc) is 3.22. The van der Waals surface area contributed by atoms with Crippen LogP contribution in [0, 0.1) is 0 Å². The summed E-state index contributed by atoms with van der Waals surface area (Å²) < 4.78 is 6.83. The summed E-state index contributed by atoms with van der Waals surface area (Å²) in [5, 5.41) is 6.89. The van der Waals surface area contributed by atoms with Crippen LogP contribution in [0.15, 0.2) is 66.0 Å². The topological polar surface area (TPSA) is 69.0 Å². The zero-order valence-electron chi connectivity index (χ0n) is 14.6. The van der Waals surface area contributed by atoms with Gasteiger partial charge in [-0.25, -0.2) is 9.67 Å². The van der Waals surface area contributed by atoms with E-state index < -0.39 is 0 Å². The molecule has 0 aliphatic carbocycles. The van der Waals surface area contributed by atoms with Gasteiger partial charge in [0.05, 0.1) is 12.4 Å². The molecule has 7 heteroatoms. The molecule has 0 bridgehead atoms. The van der Waals surface area contributed by atoms with Crippen LogP contribution in [-0.4, -0.2) is 33.0 Å². The molecular formula is C19H20N4O2S. The van der Waals surface area contributed by atoms with Crippen LogP contribution >= 0.6 is 11.8 Å². The minimum Gasteiger partial charge on any atom is -0.497 e. The molecule has 0 spiro atoms. The Morgan fingerprint density at radius 1 is 1.27 bits per heavy atom. The van der Waals surface area contributed by atoms with Gasteiger partial charge in [0.2, 0.25) is 5.91 Å². The molecule has 3 aromatic rings. The fraction of sp³-hybridized carbons (Fsp3) is 0.211. The molecule has 3 rings (SSSR count). The second-order valence-corrected chi connectivity index (χ2v) is 7.04. The fourth-order valence-electron chi connectivity index (χ4n) is 2.31. The Balaban J connectivity index is 1.51. The predicted molar refractivity (Wildman–Crippen MR) is 102 cm³/mol. The van der Waals surface area contributed by atoms with Gasteiger partial charge in [-0.1, -0.05) is 6.07 Å². The maximum absolute atomic E-state index is 12.3. The van der Waals surface area contributed by atoms with Gasteiger partial charge in [-0.2, -0.15) is 5.10 Å².